The highest BCUT2D eigenvalue weighted by molar-refractivity contribution is 5.72. The van der Waals surface area contributed by atoms with Crippen molar-refractivity contribution in [2.24, 2.45) is 0 Å². The highest BCUT2D eigenvalue weighted by atomic mass is 16.5. The maximum atomic E-state index is 10.7. The van der Waals surface area contributed by atoms with Gasteiger partial charge < -0.3 is 10.1 Å². The summed E-state index contributed by atoms with van der Waals surface area (Å²) in [6, 6.07) is 6.06. The van der Waals surface area contributed by atoms with E-state index in [1.165, 1.54) is 12.5 Å². The molecule has 0 fully saturated rings. The largest absolute Gasteiger partial charge is 0.496 e. The summed E-state index contributed by atoms with van der Waals surface area (Å²) in [6.07, 6.45) is 4.87. The molecule has 0 aliphatic rings. The SMILES string of the molecule is COc1ccc(C)cc1C=CCCNC(C)=O. The average Bonchev–Trinajstić information content (AvgIpc) is 2.28. The van der Waals surface area contributed by atoms with Crippen LogP contribution in [0.3, 0.4) is 0 Å². The van der Waals surface area contributed by atoms with E-state index < -0.39 is 0 Å². The van der Waals surface area contributed by atoms with Crippen LogP contribution in [0.25, 0.3) is 6.08 Å². The van der Waals surface area contributed by atoms with Gasteiger partial charge in [0.05, 0.1) is 7.11 Å². The van der Waals surface area contributed by atoms with Gasteiger partial charge in [-0.05, 0) is 25.5 Å². The number of carbonyl (C=O) groups excluding carboxylic acids is 1. The van der Waals surface area contributed by atoms with Gasteiger partial charge in [-0.3, -0.25) is 4.79 Å². The zero-order valence-corrected chi connectivity index (χ0v) is 10.6. The zero-order chi connectivity index (χ0) is 12.7. The van der Waals surface area contributed by atoms with Crippen LogP contribution in [0.5, 0.6) is 5.75 Å². The van der Waals surface area contributed by atoms with E-state index in [0.29, 0.717) is 6.54 Å². The number of carbonyl (C=O) groups is 1. The number of methoxy groups -OCH3 is 1. The third-order valence-corrected chi connectivity index (χ3v) is 2.37. The second-order valence-corrected chi connectivity index (χ2v) is 3.92. The van der Waals surface area contributed by atoms with E-state index in [1.807, 2.05) is 31.2 Å². The Balaban J connectivity index is 2.57. The predicted molar refractivity (Wildman–Crippen MR) is 70.1 cm³/mol. The van der Waals surface area contributed by atoms with Gasteiger partial charge in [-0.15, -0.1) is 0 Å². The van der Waals surface area contributed by atoms with Gasteiger partial charge in [0.15, 0.2) is 0 Å². The van der Waals surface area contributed by atoms with Crippen molar-refractivity contribution in [3.8, 4) is 5.75 Å². The summed E-state index contributed by atoms with van der Waals surface area (Å²) in [7, 11) is 1.67. The summed E-state index contributed by atoms with van der Waals surface area (Å²) >= 11 is 0. The Morgan fingerprint density at radius 2 is 2.24 bits per heavy atom. The minimum atomic E-state index is 0.00605. The van der Waals surface area contributed by atoms with Crippen molar-refractivity contribution >= 4 is 12.0 Å². The van der Waals surface area contributed by atoms with Gasteiger partial charge in [0.25, 0.3) is 0 Å². The van der Waals surface area contributed by atoms with Gasteiger partial charge in [0, 0.05) is 19.0 Å². The number of benzene rings is 1. The second kappa shape index (κ2) is 6.74. The third-order valence-electron chi connectivity index (χ3n) is 2.37. The van der Waals surface area contributed by atoms with Crippen LogP contribution in [-0.2, 0) is 4.79 Å². The normalized spacial score (nSPS) is 10.5. The highest BCUT2D eigenvalue weighted by Gasteiger charge is 1.98. The topological polar surface area (TPSA) is 38.3 Å². The van der Waals surface area contributed by atoms with E-state index in [4.69, 9.17) is 4.74 Å². The molecule has 17 heavy (non-hydrogen) atoms. The first-order valence-electron chi connectivity index (χ1n) is 5.69. The van der Waals surface area contributed by atoms with Crippen molar-refractivity contribution in [2.45, 2.75) is 20.3 Å². The summed E-state index contributed by atoms with van der Waals surface area (Å²) in [6.45, 7) is 4.24. The molecule has 1 N–H and O–H groups in total. The second-order valence-electron chi connectivity index (χ2n) is 3.92. The van der Waals surface area contributed by atoms with Crippen LogP contribution in [0.2, 0.25) is 0 Å². The first kappa shape index (κ1) is 13.3. The van der Waals surface area contributed by atoms with E-state index in [1.54, 1.807) is 7.11 Å². The van der Waals surface area contributed by atoms with Gasteiger partial charge in [-0.2, -0.15) is 0 Å². The lowest BCUT2D eigenvalue weighted by atomic mass is 10.1. The molecule has 0 aromatic heterocycles. The lowest BCUT2D eigenvalue weighted by molar-refractivity contribution is -0.118. The number of nitrogens with one attached hydrogen (secondary N) is 1. The quantitative estimate of drug-likeness (QED) is 0.794. The van der Waals surface area contributed by atoms with Gasteiger partial charge in [-0.25, -0.2) is 0 Å². The molecule has 0 spiro atoms. The minimum absolute atomic E-state index is 0.00605. The van der Waals surface area contributed by atoms with E-state index in [0.717, 1.165) is 17.7 Å². The smallest absolute Gasteiger partial charge is 0.216 e. The lowest BCUT2D eigenvalue weighted by Crippen LogP contribution is -2.20. The molecule has 1 rings (SSSR count). The van der Waals surface area contributed by atoms with Crippen molar-refractivity contribution in [3.63, 3.8) is 0 Å². The summed E-state index contributed by atoms with van der Waals surface area (Å²) in [4.78, 5) is 10.7. The maximum Gasteiger partial charge on any atom is 0.216 e. The number of hydrogen-bond donors (Lipinski definition) is 1. The first-order chi connectivity index (χ1) is 8.13. The first-order valence-corrected chi connectivity index (χ1v) is 5.69. The highest BCUT2D eigenvalue weighted by Crippen LogP contribution is 2.20. The number of amides is 1. The molecule has 0 saturated carbocycles. The fraction of sp³-hybridized carbons (Fsp3) is 0.357. The lowest BCUT2D eigenvalue weighted by Gasteiger charge is -2.05. The molecular formula is C14H19NO2. The Hall–Kier alpha value is -1.77. The van der Waals surface area contributed by atoms with Crippen LogP contribution in [0.15, 0.2) is 24.3 Å². The number of aryl methyl sites for hydroxylation is 1. The molecule has 1 aromatic carbocycles. The Bertz CT molecular complexity index is 411. The van der Waals surface area contributed by atoms with E-state index in [9.17, 15) is 4.79 Å². The maximum absolute atomic E-state index is 10.7. The molecule has 0 atom stereocenters. The Kier molecular flexibility index (Phi) is 5.27. The monoisotopic (exact) mass is 233 g/mol. The molecule has 1 aromatic rings. The number of hydrogen-bond acceptors (Lipinski definition) is 2. The summed E-state index contributed by atoms with van der Waals surface area (Å²) < 4.78 is 5.27. The molecule has 0 heterocycles. The van der Waals surface area contributed by atoms with Crippen molar-refractivity contribution in [1.82, 2.24) is 5.32 Å². The molecule has 0 saturated heterocycles. The Morgan fingerprint density at radius 3 is 2.88 bits per heavy atom. The molecule has 3 nitrogen and oxygen atoms in total. The third kappa shape index (κ3) is 4.72. The molecular weight excluding hydrogens is 214 g/mol. The molecule has 3 heteroatoms. The van der Waals surface area contributed by atoms with Crippen LogP contribution in [0, 0.1) is 6.92 Å². The summed E-state index contributed by atoms with van der Waals surface area (Å²) in [5, 5.41) is 2.75. The predicted octanol–water partition coefficient (Wildman–Crippen LogP) is 2.54. The van der Waals surface area contributed by atoms with E-state index >= 15 is 0 Å². The molecule has 1 amide bonds. The molecule has 0 aliphatic carbocycles. The van der Waals surface area contributed by atoms with Crippen molar-refractivity contribution in [2.75, 3.05) is 13.7 Å². The average molecular weight is 233 g/mol. The van der Waals surface area contributed by atoms with Gasteiger partial charge in [-0.1, -0.05) is 23.8 Å². The molecule has 0 unspecified atom stereocenters. The Labute approximate surface area is 102 Å². The Morgan fingerprint density at radius 1 is 1.47 bits per heavy atom. The zero-order valence-electron chi connectivity index (χ0n) is 10.6. The van der Waals surface area contributed by atoms with Crippen LogP contribution in [0.4, 0.5) is 0 Å². The summed E-state index contributed by atoms with van der Waals surface area (Å²) in [5.74, 6) is 0.873. The van der Waals surface area contributed by atoms with Crippen LogP contribution in [-0.4, -0.2) is 19.6 Å². The molecule has 0 radical (unpaired) electrons. The fourth-order valence-corrected chi connectivity index (χ4v) is 1.53. The van der Waals surface area contributed by atoms with Crippen LogP contribution >= 0.6 is 0 Å². The van der Waals surface area contributed by atoms with Gasteiger partial charge in [0.2, 0.25) is 5.91 Å². The summed E-state index contributed by atoms with van der Waals surface area (Å²) in [5.41, 5.74) is 2.27. The number of ether oxygens (including phenoxy) is 1. The molecule has 0 bridgehead atoms. The van der Waals surface area contributed by atoms with Gasteiger partial charge >= 0.3 is 0 Å². The van der Waals surface area contributed by atoms with Crippen molar-refractivity contribution < 1.29 is 9.53 Å². The van der Waals surface area contributed by atoms with Crippen molar-refractivity contribution in [1.29, 1.82) is 0 Å². The van der Waals surface area contributed by atoms with Crippen molar-refractivity contribution in [3.05, 3.63) is 35.4 Å². The number of rotatable bonds is 5. The molecule has 0 aliphatic heterocycles. The fourth-order valence-electron chi connectivity index (χ4n) is 1.53. The van der Waals surface area contributed by atoms with Crippen LogP contribution in [0.1, 0.15) is 24.5 Å². The minimum Gasteiger partial charge on any atom is -0.496 e. The molecule has 92 valence electrons. The standard InChI is InChI=1S/C14H19NO2/c1-11-7-8-14(17-3)13(10-11)6-4-5-9-15-12(2)16/h4,6-8,10H,5,9H2,1-3H3,(H,15,16). The van der Waals surface area contributed by atoms with Crippen LogP contribution < -0.4 is 10.1 Å². The van der Waals surface area contributed by atoms with E-state index in [-0.39, 0.29) is 5.91 Å². The van der Waals surface area contributed by atoms with Gasteiger partial charge in [0.1, 0.15) is 5.75 Å². The van der Waals surface area contributed by atoms with E-state index in [2.05, 4.69) is 11.4 Å².